The van der Waals surface area contributed by atoms with Crippen LogP contribution in [0.15, 0.2) is 0 Å². The van der Waals surface area contributed by atoms with Crippen LogP contribution < -0.4 is 16.6 Å². The Balaban J connectivity index is 2.56. The third-order valence-electron chi connectivity index (χ3n) is 1.65. The van der Waals surface area contributed by atoms with E-state index in [1.165, 1.54) is 0 Å². The van der Waals surface area contributed by atoms with E-state index in [0.717, 1.165) is 4.90 Å². The summed E-state index contributed by atoms with van der Waals surface area (Å²) >= 11 is 0. The summed E-state index contributed by atoms with van der Waals surface area (Å²) in [5, 5.41) is 2.53. The van der Waals surface area contributed by atoms with E-state index >= 15 is 0 Å². The van der Waals surface area contributed by atoms with Crippen LogP contribution in [0.1, 0.15) is 0 Å². The lowest BCUT2D eigenvalue weighted by Gasteiger charge is -2.25. The highest BCUT2D eigenvalue weighted by molar-refractivity contribution is 6.35. The van der Waals surface area contributed by atoms with Crippen LogP contribution in [0.3, 0.4) is 0 Å². The number of carbonyl (C=O) groups is 3. The van der Waals surface area contributed by atoms with Crippen LogP contribution in [0.4, 0.5) is 0 Å². The van der Waals surface area contributed by atoms with Gasteiger partial charge in [0, 0.05) is 13.1 Å². The molecule has 7 nitrogen and oxygen atoms in total. The summed E-state index contributed by atoms with van der Waals surface area (Å²) in [5.74, 6) is 2.81. The maximum Gasteiger partial charge on any atom is 0.323 e. The third-order valence-corrected chi connectivity index (χ3v) is 1.65. The predicted octanol–water partition coefficient (Wildman–Crippen LogP) is -3.07. The molecule has 0 aliphatic carbocycles. The molecule has 0 spiro atoms. The second-order valence-corrected chi connectivity index (χ2v) is 2.55. The van der Waals surface area contributed by atoms with Crippen molar-refractivity contribution in [1.29, 1.82) is 0 Å². The molecule has 1 rings (SSSR count). The first-order valence-corrected chi connectivity index (χ1v) is 3.71. The maximum absolute atomic E-state index is 11.1. The number of hydrogen-bond acceptors (Lipinski definition) is 4. The third kappa shape index (κ3) is 2.15. The molecule has 0 unspecified atom stereocenters. The quantitative estimate of drug-likeness (QED) is 0.162. The van der Waals surface area contributed by atoms with E-state index in [-0.39, 0.29) is 12.5 Å². The van der Waals surface area contributed by atoms with Gasteiger partial charge in [-0.25, -0.2) is 5.84 Å². The van der Waals surface area contributed by atoms with Gasteiger partial charge in [0.25, 0.3) is 0 Å². The lowest BCUT2D eigenvalue weighted by atomic mass is 10.3. The SMILES string of the molecule is NNC(=O)C(=O)N1CCNC(=O)C1. The van der Waals surface area contributed by atoms with Gasteiger partial charge in [0.2, 0.25) is 5.91 Å². The molecule has 7 heteroatoms. The average Bonchev–Trinajstić information content (AvgIpc) is 2.15. The Morgan fingerprint density at radius 1 is 1.54 bits per heavy atom. The Morgan fingerprint density at radius 2 is 2.23 bits per heavy atom. The second kappa shape index (κ2) is 3.85. The predicted molar refractivity (Wildman–Crippen MR) is 41.9 cm³/mol. The first-order chi connectivity index (χ1) is 6.15. The van der Waals surface area contributed by atoms with E-state index in [4.69, 9.17) is 5.84 Å². The van der Waals surface area contributed by atoms with Gasteiger partial charge in [-0.15, -0.1) is 0 Å². The molecule has 1 fully saturated rings. The van der Waals surface area contributed by atoms with Crippen LogP contribution in [0.25, 0.3) is 0 Å². The number of nitrogens with one attached hydrogen (secondary N) is 2. The molecular formula is C6H10N4O3. The summed E-state index contributed by atoms with van der Waals surface area (Å²) in [4.78, 5) is 33.8. The van der Waals surface area contributed by atoms with Crippen molar-refractivity contribution in [2.75, 3.05) is 19.6 Å². The van der Waals surface area contributed by atoms with E-state index in [1.54, 1.807) is 5.43 Å². The Morgan fingerprint density at radius 3 is 2.77 bits per heavy atom. The topological polar surface area (TPSA) is 105 Å². The number of hydrogen-bond donors (Lipinski definition) is 3. The first kappa shape index (κ1) is 9.46. The Labute approximate surface area is 74.2 Å². The minimum atomic E-state index is -0.908. The van der Waals surface area contributed by atoms with E-state index in [0.29, 0.717) is 13.1 Å². The van der Waals surface area contributed by atoms with Gasteiger partial charge < -0.3 is 10.2 Å². The summed E-state index contributed by atoms with van der Waals surface area (Å²) in [5.41, 5.74) is 1.72. The fraction of sp³-hybridized carbons (Fsp3) is 0.500. The number of nitrogens with two attached hydrogens (primary N) is 1. The van der Waals surface area contributed by atoms with Crippen molar-refractivity contribution in [2.24, 2.45) is 5.84 Å². The van der Waals surface area contributed by atoms with Crippen molar-refractivity contribution in [2.45, 2.75) is 0 Å². The zero-order chi connectivity index (χ0) is 9.84. The van der Waals surface area contributed by atoms with Gasteiger partial charge in [0.1, 0.15) is 6.54 Å². The van der Waals surface area contributed by atoms with Crippen LogP contribution in [0.5, 0.6) is 0 Å². The molecule has 0 bridgehead atoms. The lowest BCUT2D eigenvalue weighted by Crippen LogP contribution is -2.54. The van der Waals surface area contributed by atoms with Crippen LogP contribution in [-0.4, -0.2) is 42.3 Å². The lowest BCUT2D eigenvalue weighted by molar-refractivity contribution is -0.148. The van der Waals surface area contributed by atoms with Crippen LogP contribution >= 0.6 is 0 Å². The molecule has 1 aliphatic rings. The molecule has 1 heterocycles. The van der Waals surface area contributed by atoms with Gasteiger partial charge in [-0.3, -0.25) is 19.8 Å². The summed E-state index contributed by atoms with van der Waals surface area (Å²) in [6.07, 6.45) is 0. The number of amides is 3. The largest absolute Gasteiger partial charge is 0.353 e. The number of rotatable bonds is 0. The van der Waals surface area contributed by atoms with E-state index in [2.05, 4.69) is 5.32 Å². The number of carbonyl (C=O) groups excluding carboxylic acids is 3. The molecule has 72 valence electrons. The molecule has 0 saturated carbocycles. The number of nitrogens with zero attached hydrogens (tertiary/aromatic N) is 1. The van der Waals surface area contributed by atoms with Crippen LogP contribution in [0, 0.1) is 0 Å². The second-order valence-electron chi connectivity index (χ2n) is 2.55. The zero-order valence-corrected chi connectivity index (χ0v) is 6.87. The summed E-state index contributed by atoms with van der Waals surface area (Å²) in [6.45, 7) is 0.604. The minimum Gasteiger partial charge on any atom is -0.353 e. The van der Waals surface area contributed by atoms with Gasteiger partial charge in [-0.05, 0) is 0 Å². The van der Waals surface area contributed by atoms with E-state index in [9.17, 15) is 14.4 Å². The Bertz CT molecular complexity index is 252. The first-order valence-electron chi connectivity index (χ1n) is 3.71. The fourth-order valence-electron chi connectivity index (χ4n) is 1.02. The molecule has 3 amide bonds. The van der Waals surface area contributed by atoms with Gasteiger partial charge in [-0.1, -0.05) is 0 Å². The molecule has 4 N–H and O–H groups in total. The van der Waals surface area contributed by atoms with Crippen molar-refractivity contribution >= 4 is 17.7 Å². The van der Waals surface area contributed by atoms with Crippen molar-refractivity contribution in [3.05, 3.63) is 0 Å². The summed E-state index contributed by atoms with van der Waals surface area (Å²) in [6, 6.07) is 0. The van der Waals surface area contributed by atoms with Gasteiger partial charge in [0.15, 0.2) is 0 Å². The summed E-state index contributed by atoms with van der Waals surface area (Å²) in [7, 11) is 0. The van der Waals surface area contributed by atoms with E-state index < -0.39 is 11.8 Å². The normalized spacial score (nSPS) is 16.4. The molecule has 0 atom stereocenters. The van der Waals surface area contributed by atoms with Gasteiger partial charge in [-0.2, -0.15) is 0 Å². The fourth-order valence-corrected chi connectivity index (χ4v) is 1.02. The average molecular weight is 186 g/mol. The van der Waals surface area contributed by atoms with E-state index in [1.807, 2.05) is 0 Å². The number of piperazine rings is 1. The maximum atomic E-state index is 11.1. The molecule has 0 aromatic rings. The highest BCUT2D eigenvalue weighted by Crippen LogP contribution is 1.93. The minimum absolute atomic E-state index is 0.0910. The van der Waals surface area contributed by atoms with Crippen molar-refractivity contribution in [3.8, 4) is 0 Å². The van der Waals surface area contributed by atoms with Gasteiger partial charge >= 0.3 is 11.8 Å². The molecule has 0 aromatic carbocycles. The molecule has 0 radical (unpaired) electrons. The molecular weight excluding hydrogens is 176 g/mol. The smallest absolute Gasteiger partial charge is 0.323 e. The molecule has 1 aliphatic heterocycles. The van der Waals surface area contributed by atoms with Crippen molar-refractivity contribution in [1.82, 2.24) is 15.6 Å². The van der Waals surface area contributed by atoms with Crippen LogP contribution in [0.2, 0.25) is 0 Å². The molecule has 13 heavy (non-hydrogen) atoms. The molecule has 0 aromatic heterocycles. The highest BCUT2D eigenvalue weighted by Gasteiger charge is 2.25. The van der Waals surface area contributed by atoms with Gasteiger partial charge in [0.05, 0.1) is 0 Å². The Hall–Kier alpha value is -1.63. The zero-order valence-electron chi connectivity index (χ0n) is 6.87. The van der Waals surface area contributed by atoms with Crippen molar-refractivity contribution in [3.63, 3.8) is 0 Å². The monoisotopic (exact) mass is 186 g/mol. The standard InChI is InChI=1S/C6H10N4O3/c7-9-5(12)6(13)10-2-1-8-4(11)3-10/h1-3,7H2,(H,8,11)(H,9,12). The van der Waals surface area contributed by atoms with Crippen LogP contribution in [-0.2, 0) is 14.4 Å². The Kier molecular flexibility index (Phi) is 2.80. The summed E-state index contributed by atoms with van der Waals surface area (Å²) < 4.78 is 0. The highest BCUT2D eigenvalue weighted by atomic mass is 16.2. The number of hydrazine groups is 1. The molecule has 1 saturated heterocycles. The van der Waals surface area contributed by atoms with Crippen molar-refractivity contribution < 1.29 is 14.4 Å².